The zero-order valence-corrected chi connectivity index (χ0v) is 15.4. The number of urea groups is 1. The third-order valence-electron chi connectivity index (χ3n) is 3.63. The lowest BCUT2D eigenvalue weighted by Gasteiger charge is -2.19. The van der Waals surface area contributed by atoms with Gasteiger partial charge in [-0.25, -0.2) is 10.2 Å². The van der Waals surface area contributed by atoms with E-state index < -0.39 is 6.03 Å². The Balaban J connectivity index is 1.85. The van der Waals surface area contributed by atoms with Gasteiger partial charge in [0.25, 0.3) is 0 Å². The van der Waals surface area contributed by atoms with Crippen molar-refractivity contribution in [3.05, 3.63) is 59.7 Å². The molecule has 0 heterocycles. The molecule has 0 aliphatic rings. The average Bonchev–Trinajstić information content (AvgIpc) is 2.59. The molecule has 2 amide bonds. The largest absolute Gasteiger partial charge is 0.490 e. The van der Waals surface area contributed by atoms with Gasteiger partial charge in [0.1, 0.15) is 24.7 Å². The van der Waals surface area contributed by atoms with E-state index in [2.05, 4.69) is 43.4 Å². The summed E-state index contributed by atoms with van der Waals surface area (Å²) in [5, 5.41) is 3.74. The third-order valence-corrected chi connectivity index (χ3v) is 3.63. The van der Waals surface area contributed by atoms with Crippen molar-refractivity contribution in [3.8, 4) is 11.5 Å². The number of benzene rings is 2. The van der Waals surface area contributed by atoms with Crippen LogP contribution in [0.1, 0.15) is 31.9 Å². The fraction of sp³-hybridized carbons (Fsp3) is 0.300. The highest BCUT2D eigenvalue weighted by atomic mass is 16.5. The monoisotopic (exact) mass is 355 g/mol. The quantitative estimate of drug-likeness (QED) is 0.453. The van der Waals surface area contributed by atoms with Gasteiger partial charge in [-0.2, -0.15) is 5.10 Å². The van der Waals surface area contributed by atoms with E-state index in [1.807, 2.05) is 36.4 Å². The van der Waals surface area contributed by atoms with Crippen LogP contribution >= 0.6 is 0 Å². The molecular weight excluding hydrogens is 330 g/mol. The zero-order chi connectivity index (χ0) is 19.0. The summed E-state index contributed by atoms with van der Waals surface area (Å²) >= 11 is 0. The number of hydrogen-bond donors (Lipinski definition) is 2. The highest BCUT2D eigenvalue weighted by molar-refractivity contribution is 5.84. The summed E-state index contributed by atoms with van der Waals surface area (Å²) in [6.07, 6.45) is 1.48. The average molecular weight is 355 g/mol. The number of primary amides is 1. The van der Waals surface area contributed by atoms with Crippen LogP contribution in [0.25, 0.3) is 0 Å². The maximum Gasteiger partial charge on any atom is 0.332 e. The zero-order valence-electron chi connectivity index (χ0n) is 15.4. The van der Waals surface area contributed by atoms with Gasteiger partial charge in [-0.05, 0) is 35.2 Å². The summed E-state index contributed by atoms with van der Waals surface area (Å²) < 4.78 is 11.4. The van der Waals surface area contributed by atoms with E-state index in [9.17, 15) is 4.79 Å². The van der Waals surface area contributed by atoms with Crippen LogP contribution in [0.5, 0.6) is 11.5 Å². The van der Waals surface area contributed by atoms with Crippen LogP contribution in [0.15, 0.2) is 53.6 Å². The van der Waals surface area contributed by atoms with E-state index in [1.165, 1.54) is 11.8 Å². The Morgan fingerprint density at radius 1 is 1.08 bits per heavy atom. The van der Waals surface area contributed by atoms with Crippen LogP contribution in [0.2, 0.25) is 0 Å². The first-order chi connectivity index (χ1) is 12.4. The lowest BCUT2D eigenvalue weighted by molar-refractivity contribution is 0.217. The second-order valence-electron chi connectivity index (χ2n) is 6.74. The second-order valence-corrected chi connectivity index (χ2v) is 6.74. The van der Waals surface area contributed by atoms with E-state index in [4.69, 9.17) is 15.2 Å². The Bertz CT molecular complexity index is 750. The molecule has 2 rings (SSSR count). The van der Waals surface area contributed by atoms with Crippen molar-refractivity contribution in [1.82, 2.24) is 5.43 Å². The van der Waals surface area contributed by atoms with Crippen molar-refractivity contribution in [3.63, 3.8) is 0 Å². The molecule has 6 nitrogen and oxygen atoms in total. The van der Waals surface area contributed by atoms with E-state index in [0.29, 0.717) is 19.0 Å². The van der Waals surface area contributed by atoms with Crippen LogP contribution in [0.3, 0.4) is 0 Å². The Kier molecular flexibility index (Phi) is 6.60. The second kappa shape index (κ2) is 8.89. The van der Waals surface area contributed by atoms with Gasteiger partial charge in [0, 0.05) is 5.56 Å². The molecular formula is C20H25N3O3. The molecule has 138 valence electrons. The SMILES string of the molecule is CC(C)(C)c1ccc(OCCOc2ccccc2/C=N/NC(N)=O)cc1. The van der Waals surface area contributed by atoms with Gasteiger partial charge >= 0.3 is 6.03 Å². The van der Waals surface area contributed by atoms with Crippen LogP contribution in [0, 0.1) is 0 Å². The number of rotatable bonds is 7. The summed E-state index contributed by atoms with van der Waals surface area (Å²) in [6.45, 7) is 7.33. The molecule has 6 heteroatoms. The summed E-state index contributed by atoms with van der Waals surface area (Å²) in [5.74, 6) is 1.45. The predicted molar refractivity (Wildman–Crippen MR) is 103 cm³/mol. The Labute approximate surface area is 154 Å². The highest BCUT2D eigenvalue weighted by Gasteiger charge is 2.12. The number of para-hydroxylation sites is 1. The molecule has 0 spiro atoms. The molecule has 0 fully saturated rings. The summed E-state index contributed by atoms with van der Waals surface area (Å²) in [5.41, 5.74) is 9.24. The van der Waals surface area contributed by atoms with E-state index in [1.54, 1.807) is 0 Å². The number of hydrazone groups is 1. The Morgan fingerprint density at radius 2 is 1.73 bits per heavy atom. The highest BCUT2D eigenvalue weighted by Crippen LogP contribution is 2.24. The molecule has 0 saturated heterocycles. The summed E-state index contributed by atoms with van der Waals surface area (Å²) in [4.78, 5) is 10.6. The molecule has 0 bridgehead atoms. The Hall–Kier alpha value is -3.02. The molecule has 3 N–H and O–H groups in total. The maximum absolute atomic E-state index is 10.6. The molecule has 0 saturated carbocycles. The van der Waals surface area contributed by atoms with E-state index >= 15 is 0 Å². The number of nitrogens with zero attached hydrogens (tertiary/aromatic N) is 1. The number of nitrogens with two attached hydrogens (primary N) is 1. The van der Waals surface area contributed by atoms with Crippen molar-refractivity contribution in [1.29, 1.82) is 0 Å². The van der Waals surface area contributed by atoms with E-state index in [0.717, 1.165) is 11.3 Å². The van der Waals surface area contributed by atoms with Crippen molar-refractivity contribution in [2.24, 2.45) is 10.8 Å². The third kappa shape index (κ3) is 6.12. The molecule has 0 atom stereocenters. The number of hydrogen-bond acceptors (Lipinski definition) is 4. The van der Waals surface area contributed by atoms with Gasteiger partial charge < -0.3 is 15.2 Å². The fourth-order valence-corrected chi connectivity index (χ4v) is 2.25. The molecule has 0 unspecified atom stereocenters. The molecule has 2 aromatic carbocycles. The van der Waals surface area contributed by atoms with Crippen LogP contribution in [-0.2, 0) is 5.41 Å². The van der Waals surface area contributed by atoms with Gasteiger partial charge in [-0.1, -0.05) is 45.0 Å². The van der Waals surface area contributed by atoms with Crippen molar-refractivity contribution in [2.75, 3.05) is 13.2 Å². The maximum atomic E-state index is 10.6. The van der Waals surface area contributed by atoms with Gasteiger partial charge in [0.05, 0.1) is 6.21 Å². The first kappa shape index (κ1) is 19.3. The van der Waals surface area contributed by atoms with Gasteiger partial charge in [0.2, 0.25) is 0 Å². The molecule has 0 radical (unpaired) electrons. The number of nitrogens with one attached hydrogen (secondary N) is 1. The number of carbonyl (C=O) groups excluding carboxylic acids is 1. The molecule has 26 heavy (non-hydrogen) atoms. The summed E-state index contributed by atoms with van der Waals surface area (Å²) in [6, 6.07) is 14.7. The van der Waals surface area contributed by atoms with Gasteiger partial charge in [-0.15, -0.1) is 0 Å². The smallest absolute Gasteiger partial charge is 0.332 e. The molecule has 0 aliphatic heterocycles. The minimum Gasteiger partial charge on any atom is -0.490 e. The van der Waals surface area contributed by atoms with Crippen LogP contribution < -0.4 is 20.6 Å². The molecule has 0 aromatic heterocycles. The lowest BCUT2D eigenvalue weighted by atomic mass is 9.87. The lowest BCUT2D eigenvalue weighted by Crippen LogP contribution is -2.24. The number of amides is 2. The fourth-order valence-electron chi connectivity index (χ4n) is 2.25. The Morgan fingerprint density at radius 3 is 2.38 bits per heavy atom. The normalized spacial score (nSPS) is 11.3. The van der Waals surface area contributed by atoms with Gasteiger partial charge in [0.15, 0.2) is 0 Å². The topological polar surface area (TPSA) is 85.9 Å². The summed E-state index contributed by atoms with van der Waals surface area (Å²) in [7, 11) is 0. The first-order valence-electron chi connectivity index (χ1n) is 8.40. The van der Waals surface area contributed by atoms with Crippen molar-refractivity contribution in [2.45, 2.75) is 26.2 Å². The minimum absolute atomic E-state index is 0.121. The van der Waals surface area contributed by atoms with Gasteiger partial charge in [-0.3, -0.25) is 0 Å². The van der Waals surface area contributed by atoms with Crippen molar-refractivity contribution < 1.29 is 14.3 Å². The molecule has 0 aliphatic carbocycles. The van der Waals surface area contributed by atoms with Crippen LogP contribution in [-0.4, -0.2) is 25.5 Å². The number of carbonyl (C=O) groups is 1. The standard InChI is InChI=1S/C20H25N3O3/c1-20(2,3)16-8-10-17(11-9-16)25-12-13-26-18-7-5-4-6-15(18)14-22-23-19(21)24/h4-11,14H,12-13H2,1-3H3,(H3,21,23,24)/b22-14+. The molecule has 2 aromatic rings. The number of ether oxygens (including phenoxy) is 2. The van der Waals surface area contributed by atoms with Crippen LogP contribution in [0.4, 0.5) is 4.79 Å². The van der Waals surface area contributed by atoms with E-state index in [-0.39, 0.29) is 5.41 Å². The predicted octanol–water partition coefficient (Wildman–Crippen LogP) is 3.44. The minimum atomic E-state index is -0.717. The first-order valence-corrected chi connectivity index (χ1v) is 8.40. The van der Waals surface area contributed by atoms with Crippen molar-refractivity contribution >= 4 is 12.2 Å².